The molecule has 2 unspecified atom stereocenters. The van der Waals surface area contributed by atoms with Crippen LogP contribution in [0.25, 0.3) is 11.1 Å². The molecule has 34 heavy (non-hydrogen) atoms. The molecular formula is C22H18ClFN6O3S. The van der Waals surface area contributed by atoms with Gasteiger partial charge in [-0.25, -0.2) is 4.39 Å². The largest absolute Gasteiger partial charge is 0.364 e. The lowest BCUT2D eigenvalue weighted by molar-refractivity contribution is -0.129. The molecule has 0 aromatic heterocycles. The van der Waals surface area contributed by atoms with Gasteiger partial charge in [0, 0.05) is 16.1 Å². The first-order valence-corrected chi connectivity index (χ1v) is 11.6. The summed E-state index contributed by atoms with van der Waals surface area (Å²) in [7, 11) is 0. The van der Waals surface area contributed by atoms with Crippen LogP contribution in [0.2, 0.25) is 5.02 Å². The van der Waals surface area contributed by atoms with Gasteiger partial charge in [-0.3, -0.25) is 24.4 Å². The van der Waals surface area contributed by atoms with E-state index in [4.69, 9.17) is 17.3 Å². The quantitative estimate of drug-likeness (QED) is 0.587. The number of hydrogen-bond acceptors (Lipinski definition) is 7. The van der Waals surface area contributed by atoms with Crippen LogP contribution >= 0.6 is 23.4 Å². The highest BCUT2D eigenvalue weighted by molar-refractivity contribution is 8.12. The molecule has 0 saturated carbocycles. The molecule has 0 spiro atoms. The molecule has 3 N–H and O–H groups in total. The molecule has 3 amide bonds. The summed E-state index contributed by atoms with van der Waals surface area (Å²) in [6, 6.07) is 10.3. The van der Waals surface area contributed by atoms with E-state index in [1.807, 2.05) is 0 Å². The molecule has 2 aromatic rings. The van der Waals surface area contributed by atoms with Crippen molar-refractivity contribution in [2.75, 3.05) is 18.4 Å². The van der Waals surface area contributed by atoms with Crippen molar-refractivity contribution in [3.8, 4) is 11.1 Å². The number of nitrogens with one attached hydrogen (secondary N) is 1. The maximum absolute atomic E-state index is 15.1. The maximum Gasteiger partial charge on any atom is 0.267 e. The monoisotopic (exact) mass is 500 g/mol. The van der Waals surface area contributed by atoms with E-state index in [1.165, 1.54) is 27.7 Å². The Hall–Kier alpha value is -3.44. The average Bonchev–Trinajstić information content (AvgIpc) is 3.35. The highest BCUT2D eigenvalue weighted by Crippen LogP contribution is 2.34. The predicted molar refractivity (Wildman–Crippen MR) is 128 cm³/mol. The van der Waals surface area contributed by atoms with E-state index in [9.17, 15) is 14.4 Å². The lowest BCUT2D eigenvalue weighted by atomic mass is 10.0. The first-order chi connectivity index (χ1) is 16.3. The van der Waals surface area contributed by atoms with Crippen molar-refractivity contribution in [2.45, 2.75) is 17.5 Å². The van der Waals surface area contributed by atoms with Crippen LogP contribution in [0.1, 0.15) is 0 Å². The van der Waals surface area contributed by atoms with Crippen LogP contribution in [-0.2, 0) is 14.4 Å². The highest BCUT2D eigenvalue weighted by Gasteiger charge is 2.47. The van der Waals surface area contributed by atoms with Crippen molar-refractivity contribution in [1.82, 2.24) is 9.91 Å². The van der Waals surface area contributed by atoms with Gasteiger partial charge < -0.3 is 16.0 Å². The third-order valence-corrected chi connectivity index (χ3v) is 7.06. The Kier molecular flexibility index (Phi) is 5.74. The minimum absolute atomic E-state index is 0.000641. The van der Waals surface area contributed by atoms with Crippen LogP contribution in [0, 0.1) is 5.82 Å². The number of nitrogens with two attached hydrogens (primary N) is 1. The number of aliphatic imine (C=N–C) groups is 1. The van der Waals surface area contributed by atoms with Crippen molar-refractivity contribution in [3.05, 3.63) is 53.3 Å². The van der Waals surface area contributed by atoms with Crippen LogP contribution in [0.5, 0.6) is 0 Å². The number of nitrogens with zero attached hydrogens (tertiary/aromatic N) is 4. The minimum atomic E-state index is -0.721. The lowest BCUT2D eigenvalue weighted by Crippen LogP contribution is -2.38. The Balaban J connectivity index is 1.23. The van der Waals surface area contributed by atoms with Gasteiger partial charge >= 0.3 is 0 Å². The van der Waals surface area contributed by atoms with E-state index in [-0.39, 0.29) is 41.3 Å². The second-order valence-corrected chi connectivity index (χ2v) is 9.24. The van der Waals surface area contributed by atoms with Gasteiger partial charge in [0.2, 0.25) is 11.8 Å². The Bertz CT molecular complexity index is 1270. The molecule has 2 aromatic carbocycles. The molecule has 3 atom stereocenters. The van der Waals surface area contributed by atoms with E-state index in [1.54, 1.807) is 41.9 Å². The topological polar surface area (TPSA) is 120 Å². The van der Waals surface area contributed by atoms with Crippen molar-refractivity contribution >= 4 is 58.0 Å². The average molecular weight is 501 g/mol. The first kappa shape index (κ1) is 22.4. The SMILES string of the molecule is NC(=O)C1=NN(CC(=O)N2C[C@H]2C(=O)Nc2cccc(-c3ccccc3Cl)c2F)C2SC=NC12. The summed E-state index contributed by atoms with van der Waals surface area (Å²) in [4.78, 5) is 42.5. The maximum atomic E-state index is 15.1. The van der Waals surface area contributed by atoms with Crippen LogP contribution in [-0.4, -0.2) is 69.4 Å². The summed E-state index contributed by atoms with van der Waals surface area (Å²) in [6.07, 6.45) is 0. The van der Waals surface area contributed by atoms with Gasteiger partial charge in [-0.05, 0) is 12.1 Å². The fourth-order valence-corrected chi connectivity index (χ4v) is 5.10. The van der Waals surface area contributed by atoms with Crippen molar-refractivity contribution in [3.63, 3.8) is 0 Å². The number of rotatable bonds is 6. The van der Waals surface area contributed by atoms with Crippen LogP contribution in [0.15, 0.2) is 52.6 Å². The molecule has 3 aliphatic rings. The molecule has 174 valence electrons. The van der Waals surface area contributed by atoms with E-state index in [2.05, 4.69) is 15.4 Å². The molecule has 12 heteroatoms. The van der Waals surface area contributed by atoms with E-state index < -0.39 is 29.7 Å². The van der Waals surface area contributed by atoms with Gasteiger partial charge in [0.05, 0.1) is 17.8 Å². The zero-order valence-corrected chi connectivity index (χ0v) is 19.1. The van der Waals surface area contributed by atoms with Gasteiger partial charge in [0.25, 0.3) is 5.91 Å². The normalized spacial score (nSPS) is 22.4. The molecular weight excluding hydrogens is 483 g/mol. The lowest BCUT2D eigenvalue weighted by Gasteiger charge is -2.20. The summed E-state index contributed by atoms with van der Waals surface area (Å²) < 4.78 is 15.1. The zero-order chi connectivity index (χ0) is 24.0. The van der Waals surface area contributed by atoms with Gasteiger partial charge in [0.15, 0.2) is 11.5 Å². The second kappa shape index (κ2) is 8.73. The Morgan fingerprint density at radius 3 is 2.71 bits per heavy atom. The number of benzene rings is 2. The summed E-state index contributed by atoms with van der Waals surface area (Å²) in [5.41, 5.74) is 7.83. The number of hydrogen-bond donors (Lipinski definition) is 2. The smallest absolute Gasteiger partial charge is 0.267 e. The van der Waals surface area contributed by atoms with Crippen molar-refractivity contribution < 1.29 is 18.8 Å². The van der Waals surface area contributed by atoms with E-state index in [0.717, 1.165) is 0 Å². The highest BCUT2D eigenvalue weighted by atomic mass is 35.5. The third kappa shape index (κ3) is 4.01. The Labute approximate surface area is 202 Å². The number of amides is 3. The molecule has 5 rings (SSSR count). The summed E-state index contributed by atoms with van der Waals surface area (Å²) in [5.74, 6) is -2.14. The number of primary amides is 1. The summed E-state index contributed by atoms with van der Waals surface area (Å²) in [6.45, 7) is 0.0723. The number of halogens is 2. The number of fused-ring (bicyclic) bond motifs is 1. The fourth-order valence-electron chi connectivity index (χ4n) is 3.93. The molecule has 0 bridgehead atoms. The predicted octanol–water partition coefficient (Wildman–Crippen LogP) is 1.92. The van der Waals surface area contributed by atoms with Gasteiger partial charge in [-0.2, -0.15) is 5.10 Å². The fraction of sp³-hybridized carbons (Fsp3) is 0.227. The molecule has 3 heterocycles. The Morgan fingerprint density at radius 2 is 1.94 bits per heavy atom. The van der Waals surface area contributed by atoms with Gasteiger partial charge in [-0.15, -0.1) is 0 Å². The standard InChI is InChI=1S/C22H18ClFN6O3S/c23-13-6-2-1-4-11(13)12-5-3-7-14(17(12)24)27-21(33)15-8-29(15)16(31)9-30-22-19(26-10-34-22)18(28-30)20(25)32/h1-7,10,15,19,22H,8-9H2,(H2,25,32)(H,27,33)/t15-,19?,22?,29?/m0/s1. The summed E-state index contributed by atoms with van der Waals surface area (Å²) >= 11 is 7.52. The number of anilines is 1. The summed E-state index contributed by atoms with van der Waals surface area (Å²) in [5, 5.41) is 8.25. The number of carbonyl (C=O) groups excluding carboxylic acids is 3. The molecule has 1 fully saturated rings. The van der Waals surface area contributed by atoms with Gasteiger partial charge in [-0.1, -0.05) is 53.7 Å². The van der Waals surface area contributed by atoms with Crippen molar-refractivity contribution in [2.24, 2.45) is 15.8 Å². The van der Waals surface area contributed by atoms with Crippen LogP contribution < -0.4 is 11.1 Å². The molecule has 3 aliphatic heterocycles. The molecule has 0 radical (unpaired) electrons. The molecule has 1 saturated heterocycles. The molecule has 9 nitrogen and oxygen atoms in total. The van der Waals surface area contributed by atoms with E-state index in [0.29, 0.717) is 10.6 Å². The Morgan fingerprint density at radius 1 is 1.18 bits per heavy atom. The third-order valence-electron chi connectivity index (χ3n) is 5.71. The number of thioether (sulfide) groups is 1. The van der Waals surface area contributed by atoms with Crippen LogP contribution in [0.4, 0.5) is 10.1 Å². The van der Waals surface area contributed by atoms with Crippen molar-refractivity contribution in [1.29, 1.82) is 0 Å². The first-order valence-electron chi connectivity index (χ1n) is 10.3. The number of hydrazone groups is 1. The van der Waals surface area contributed by atoms with Gasteiger partial charge in [0.1, 0.15) is 24.0 Å². The van der Waals surface area contributed by atoms with Crippen LogP contribution in [0.3, 0.4) is 0 Å². The zero-order valence-electron chi connectivity index (χ0n) is 17.5. The molecule has 0 aliphatic carbocycles. The number of carbonyl (C=O) groups is 3. The van der Waals surface area contributed by atoms with E-state index >= 15 is 4.39 Å². The minimum Gasteiger partial charge on any atom is -0.364 e. The second-order valence-electron chi connectivity index (χ2n) is 7.87.